The summed E-state index contributed by atoms with van der Waals surface area (Å²) in [7, 11) is 0. The zero-order valence-corrected chi connectivity index (χ0v) is 17.0. The fourth-order valence-corrected chi connectivity index (χ4v) is 3.81. The molecule has 1 aliphatic carbocycles. The highest BCUT2D eigenvalue weighted by Crippen LogP contribution is 2.55. The van der Waals surface area contributed by atoms with E-state index in [1.165, 1.54) is 19.1 Å². The number of ether oxygens (including phenoxy) is 1. The maximum atomic E-state index is 14.0. The Morgan fingerprint density at radius 2 is 1.74 bits per heavy atom. The van der Waals surface area contributed by atoms with Crippen LogP contribution in [0.2, 0.25) is 0 Å². The smallest absolute Gasteiger partial charge is 0.413 e. The van der Waals surface area contributed by atoms with Crippen LogP contribution in [0.15, 0.2) is 35.5 Å². The molecule has 0 amide bonds. The number of allylic oxidation sites excluding steroid dienone is 4. The molecule has 0 aromatic rings. The van der Waals surface area contributed by atoms with E-state index in [0.717, 1.165) is 18.6 Å². The van der Waals surface area contributed by atoms with Crippen LogP contribution in [0.5, 0.6) is 0 Å². The molecule has 27 heavy (non-hydrogen) atoms. The second-order valence-electron chi connectivity index (χ2n) is 8.54. The fraction of sp³-hybridized carbons (Fsp3) is 0.667. The lowest BCUT2D eigenvalue weighted by molar-refractivity contribution is -0.152. The summed E-state index contributed by atoms with van der Waals surface area (Å²) in [4.78, 5) is 10.7. The Kier molecular flexibility index (Phi) is 7.51. The Bertz CT molecular complexity index is 625. The number of aliphatic carboxylic acids is 1. The summed E-state index contributed by atoms with van der Waals surface area (Å²) >= 11 is 0. The molecule has 1 fully saturated rings. The van der Waals surface area contributed by atoms with Gasteiger partial charge >= 0.3 is 12.1 Å². The normalized spacial score (nSPS) is 26.4. The molecule has 0 aromatic heterocycles. The van der Waals surface area contributed by atoms with Crippen LogP contribution < -0.4 is 0 Å². The number of hydrogen-bond acceptors (Lipinski definition) is 2. The number of hydrogen-bond donors (Lipinski definition) is 1. The fourth-order valence-electron chi connectivity index (χ4n) is 3.81. The molecule has 1 N–H and O–H groups in total. The van der Waals surface area contributed by atoms with Gasteiger partial charge in [0.15, 0.2) is 0 Å². The third-order valence-electron chi connectivity index (χ3n) is 5.32. The van der Waals surface area contributed by atoms with Gasteiger partial charge in [0.25, 0.3) is 0 Å². The Labute approximate surface area is 160 Å². The molecule has 0 heterocycles. The average molecular weight is 388 g/mol. The number of halogens is 3. The van der Waals surface area contributed by atoms with Gasteiger partial charge < -0.3 is 9.84 Å². The first-order valence-electron chi connectivity index (χ1n) is 9.20. The van der Waals surface area contributed by atoms with Gasteiger partial charge in [-0.25, -0.2) is 4.79 Å². The van der Waals surface area contributed by atoms with Crippen molar-refractivity contribution in [3.05, 3.63) is 35.5 Å². The van der Waals surface area contributed by atoms with E-state index >= 15 is 0 Å². The first-order chi connectivity index (χ1) is 12.2. The number of carboxylic acids is 1. The number of alkyl halides is 3. The van der Waals surface area contributed by atoms with Gasteiger partial charge in [-0.3, -0.25) is 0 Å². The third kappa shape index (κ3) is 6.23. The van der Waals surface area contributed by atoms with Crippen LogP contribution in [0.25, 0.3) is 0 Å². The third-order valence-corrected chi connectivity index (χ3v) is 5.32. The molecule has 6 heteroatoms. The van der Waals surface area contributed by atoms with Gasteiger partial charge in [-0.05, 0) is 43.1 Å². The summed E-state index contributed by atoms with van der Waals surface area (Å²) in [6.45, 7) is 11.3. The van der Waals surface area contributed by atoms with Crippen molar-refractivity contribution in [3.63, 3.8) is 0 Å². The van der Waals surface area contributed by atoms with Crippen LogP contribution in [0.4, 0.5) is 13.2 Å². The van der Waals surface area contributed by atoms with Gasteiger partial charge in [-0.2, -0.15) is 13.2 Å². The van der Waals surface area contributed by atoms with E-state index in [0.29, 0.717) is 18.6 Å². The molecule has 0 spiro atoms. The van der Waals surface area contributed by atoms with E-state index in [1.807, 2.05) is 27.7 Å². The first kappa shape index (κ1) is 23.5. The molecule has 2 atom stereocenters. The molecule has 1 rings (SSSR count). The van der Waals surface area contributed by atoms with Crippen molar-refractivity contribution in [1.29, 1.82) is 0 Å². The van der Waals surface area contributed by atoms with E-state index in [2.05, 4.69) is 0 Å². The van der Waals surface area contributed by atoms with Gasteiger partial charge in [0.05, 0.1) is 6.10 Å². The Hall–Kier alpha value is -1.56. The van der Waals surface area contributed by atoms with Crippen molar-refractivity contribution in [1.82, 2.24) is 0 Å². The SMILES string of the molecule is CCOC1C(\C(=C/C=C/C(C)=C/C(=O)O)C(F)(F)F)C(C)(C)CCC1(C)C. The van der Waals surface area contributed by atoms with Crippen molar-refractivity contribution in [2.24, 2.45) is 16.7 Å². The molecule has 0 bridgehead atoms. The Morgan fingerprint density at radius 1 is 1.19 bits per heavy atom. The van der Waals surface area contributed by atoms with E-state index in [-0.39, 0.29) is 5.41 Å². The summed E-state index contributed by atoms with van der Waals surface area (Å²) in [5, 5.41) is 8.72. The molecule has 2 unspecified atom stereocenters. The summed E-state index contributed by atoms with van der Waals surface area (Å²) < 4.78 is 47.8. The van der Waals surface area contributed by atoms with Gasteiger partial charge in [0.1, 0.15) is 0 Å². The topological polar surface area (TPSA) is 46.5 Å². The second-order valence-corrected chi connectivity index (χ2v) is 8.54. The van der Waals surface area contributed by atoms with Crippen LogP contribution >= 0.6 is 0 Å². The molecule has 0 aromatic carbocycles. The van der Waals surface area contributed by atoms with Gasteiger partial charge in [-0.15, -0.1) is 0 Å². The lowest BCUT2D eigenvalue weighted by Gasteiger charge is -2.52. The van der Waals surface area contributed by atoms with Crippen molar-refractivity contribution in [2.75, 3.05) is 6.61 Å². The van der Waals surface area contributed by atoms with Crippen molar-refractivity contribution in [2.45, 2.75) is 66.7 Å². The predicted molar refractivity (Wildman–Crippen MR) is 100 cm³/mol. The summed E-state index contributed by atoms with van der Waals surface area (Å²) in [6, 6.07) is 0. The molecular weight excluding hydrogens is 357 g/mol. The summed E-state index contributed by atoms with van der Waals surface area (Å²) in [6.07, 6.45) is 1.08. The highest BCUT2D eigenvalue weighted by Gasteiger charge is 2.54. The second kappa shape index (κ2) is 8.63. The van der Waals surface area contributed by atoms with Crippen molar-refractivity contribution in [3.8, 4) is 0 Å². The van der Waals surface area contributed by atoms with E-state index < -0.39 is 35.2 Å². The molecular formula is C21H31F3O3. The van der Waals surface area contributed by atoms with Crippen LogP contribution in [-0.4, -0.2) is 30.0 Å². The van der Waals surface area contributed by atoms with Crippen molar-refractivity contribution < 1.29 is 27.8 Å². The molecule has 0 aliphatic heterocycles. The highest BCUT2D eigenvalue weighted by molar-refractivity contribution is 5.81. The zero-order valence-electron chi connectivity index (χ0n) is 17.0. The minimum atomic E-state index is -4.50. The van der Waals surface area contributed by atoms with Gasteiger partial charge in [0, 0.05) is 24.2 Å². The monoisotopic (exact) mass is 388 g/mol. The largest absolute Gasteiger partial charge is 0.478 e. The van der Waals surface area contributed by atoms with E-state index in [4.69, 9.17) is 9.84 Å². The number of rotatable bonds is 6. The maximum absolute atomic E-state index is 14.0. The first-order valence-corrected chi connectivity index (χ1v) is 9.20. The lowest BCUT2D eigenvalue weighted by Crippen LogP contribution is -2.52. The minimum absolute atomic E-state index is 0.349. The Balaban J connectivity index is 3.43. The molecule has 1 saturated carbocycles. The minimum Gasteiger partial charge on any atom is -0.478 e. The molecule has 3 nitrogen and oxygen atoms in total. The molecule has 154 valence electrons. The summed E-state index contributed by atoms with van der Waals surface area (Å²) in [5.41, 5.74) is -1.21. The molecule has 0 saturated heterocycles. The Morgan fingerprint density at radius 3 is 2.22 bits per heavy atom. The highest BCUT2D eigenvalue weighted by atomic mass is 19.4. The van der Waals surface area contributed by atoms with Crippen LogP contribution in [0.3, 0.4) is 0 Å². The van der Waals surface area contributed by atoms with Gasteiger partial charge in [-0.1, -0.05) is 45.9 Å². The van der Waals surface area contributed by atoms with Crippen LogP contribution in [0, 0.1) is 16.7 Å². The van der Waals surface area contributed by atoms with E-state index in [9.17, 15) is 18.0 Å². The summed E-state index contributed by atoms with van der Waals surface area (Å²) in [5.74, 6) is -1.95. The molecule has 1 aliphatic rings. The van der Waals surface area contributed by atoms with Crippen molar-refractivity contribution >= 4 is 5.97 Å². The zero-order chi connectivity index (χ0) is 21.0. The number of carbonyl (C=O) groups is 1. The lowest BCUT2D eigenvalue weighted by atomic mass is 9.56. The molecule has 0 radical (unpaired) electrons. The quantitative estimate of drug-likeness (QED) is 0.453. The van der Waals surface area contributed by atoms with Crippen LogP contribution in [0.1, 0.15) is 54.4 Å². The maximum Gasteiger partial charge on any atom is 0.413 e. The standard InChI is InChI=1S/C21H31F3O3/c1-7-27-18-17(19(3,4)11-12-20(18,5)6)15(21(22,23)24)10-8-9-14(2)13-16(25)26/h8-10,13,17-18H,7,11-12H2,1-6H3,(H,25,26)/b9-8+,14-13+,15-10+. The van der Waals surface area contributed by atoms with Gasteiger partial charge in [0.2, 0.25) is 0 Å². The average Bonchev–Trinajstić information content (AvgIpc) is 2.48. The predicted octanol–water partition coefficient (Wildman–Crippen LogP) is 5.93. The van der Waals surface area contributed by atoms with E-state index in [1.54, 1.807) is 6.92 Å². The number of carboxylic acid groups (broad SMARTS) is 1. The van der Waals surface area contributed by atoms with Crippen LogP contribution in [-0.2, 0) is 9.53 Å².